The molecule has 0 aliphatic heterocycles. The van der Waals surface area contributed by atoms with Gasteiger partial charge in [-0.2, -0.15) is 0 Å². The molecule has 0 spiro atoms. The molecule has 4 nitrogen and oxygen atoms in total. The van der Waals surface area contributed by atoms with Crippen LogP contribution in [0.1, 0.15) is 76.4 Å². The summed E-state index contributed by atoms with van der Waals surface area (Å²) >= 11 is 0. The van der Waals surface area contributed by atoms with E-state index >= 15 is 0 Å². The average molecular weight is 334 g/mol. The van der Waals surface area contributed by atoms with Crippen LogP contribution in [0.3, 0.4) is 0 Å². The van der Waals surface area contributed by atoms with Crippen molar-refractivity contribution < 1.29 is 19.1 Å². The van der Waals surface area contributed by atoms with E-state index in [0.29, 0.717) is 6.42 Å². The van der Waals surface area contributed by atoms with Crippen molar-refractivity contribution >= 4 is 5.97 Å². The summed E-state index contributed by atoms with van der Waals surface area (Å²) in [5.41, 5.74) is 0.610. The molecule has 0 amide bonds. The van der Waals surface area contributed by atoms with Gasteiger partial charge in [0.05, 0.1) is 17.8 Å². The quantitative estimate of drug-likeness (QED) is 0.836. The van der Waals surface area contributed by atoms with Gasteiger partial charge in [-0.3, -0.25) is 4.79 Å². The van der Waals surface area contributed by atoms with Crippen LogP contribution in [-0.4, -0.2) is 16.7 Å². The minimum absolute atomic E-state index is 0.141. The molecule has 1 heterocycles. The minimum Gasteiger partial charge on any atom is -0.469 e. The normalized spacial score (nSPS) is 36.6. The molecule has 2 aliphatic rings. The summed E-state index contributed by atoms with van der Waals surface area (Å²) in [6.45, 7) is 10.2. The van der Waals surface area contributed by atoms with E-state index in [1.54, 1.807) is 6.26 Å². The van der Waals surface area contributed by atoms with Crippen LogP contribution in [0.15, 0.2) is 10.7 Å². The molecule has 0 bridgehead atoms. The SMILES string of the molecule is CC[C@H](C)C(=O)O[C@@H]1c2c(C)coc2C[C@@]2(O)CCC[C@H](C)[C@@]12C. The number of ether oxygens (including phenoxy) is 1. The zero-order chi connectivity index (χ0) is 17.7. The fraction of sp³-hybridized carbons (Fsp3) is 0.750. The van der Waals surface area contributed by atoms with Gasteiger partial charge in [0.1, 0.15) is 11.9 Å². The third-order valence-corrected chi connectivity index (χ3v) is 6.87. The van der Waals surface area contributed by atoms with Crippen molar-refractivity contribution in [2.45, 2.75) is 78.4 Å². The summed E-state index contributed by atoms with van der Waals surface area (Å²) in [6, 6.07) is 0. The molecular weight excluding hydrogens is 304 g/mol. The van der Waals surface area contributed by atoms with Gasteiger partial charge in [0.2, 0.25) is 0 Å². The maximum atomic E-state index is 12.6. The van der Waals surface area contributed by atoms with Crippen molar-refractivity contribution in [1.29, 1.82) is 0 Å². The first-order chi connectivity index (χ1) is 11.2. The molecule has 3 rings (SSSR count). The van der Waals surface area contributed by atoms with Crippen LogP contribution in [0.2, 0.25) is 0 Å². The summed E-state index contributed by atoms with van der Waals surface area (Å²) in [5, 5.41) is 11.5. The molecular formula is C20H30O4. The minimum atomic E-state index is -0.887. The Morgan fingerprint density at radius 3 is 2.92 bits per heavy atom. The summed E-state index contributed by atoms with van der Waals surface area (Å²) in [6.07, 6.45) is 5.31. The van der Waals surface area contributed by atoms with Gasteiger partial charge in [-0.15, -0.1) is 0 Å². The molecule has 1 aromatic heterocycles. The number of carbonyl (C=O) groups excluding carboxylic acids is 1. The van der Waals surface area contributed by atoms with Gasteiger partial charge in [0, 0.05) is 17.4 Å². The molecule has 1 aromatic rings. The molecule has 1 fully saturated rings. The van der Waals surface area contributed by atoms with E-state index in [1.807, 2.05) is 20.8 Å². The van der Waals surface area contributed by atoms with Gasteiger partial charge < -0.3 is 14.3 Å². The molecule has 24 heavy (non-hydrogen) atoms. The molecule has 134 valence electrons. The topological polar surface area (TPSA) is 59.7 Å². The Morgan fingerprint density at radius 2 is 2.25 bits per heavy atom. The number of furan rings is 1. The molecule has 2 aliphatic carbocycles. The van der Waals surface area contributed by atoms with Gasteiger partial charge in [-0.05, 0) is 37.7 Å². The van der Waals surface area contributed by atoms with Gasteiger partial charge in [0.15, 0.2) is 0 Å². The van der Waals surface area contributed by atoms with Gasteiger partial charge >= 0.3 is 5.97 Å². The fourth-order valence-corrected chi connectivity index (χ4v) is 4.65. The van der Waals surface area contributed by atoms with Crippen molar-refractivity contribution in [3.05, 3.63) is 23.2 Å². The Hall–Kier alpha value is -1.29. The first-order valence-corrected chi connectivity index (χ1v) is 9.24. The van der Waals surface area contributed by atoms with Crippen LogP contribution in [-0.2, 0) is 16.0 Å². The van der Waals surface area contributed by atoms with Crippen LogP contribution >= 0.6 is 0 Å². The molecule has 5 atom stereocenters. The second-order valence-corrected chi connectivity index (χ2v) is 8.17. The van der Waals surface area contributed by atoms with E-state index in [-0.39, 0.29) is 17.8 Å². The summed E-state index contributed by atoms with van der Waals surface area (Å²) in [4.78, 5) is 12.6. The van der Waals surface area contributed by atoms with Crippen molar-refractivity contribution in [3.63, 3.8) is 0 Å². The lowest BCUT2D eigenvalue weighted by atomic mass is 9.51. The summed E-state index contributed by atoms with van der Waals surface area (Å²) in [5.74, 6) is 0.729. The van der Waals surface area contributed by atoms with Crippen LogP contribution in [0.25, 0.3) is 0 Å². The number of esters is 1. The lowest BCUT2D eigenvalue weighted by molar-refractivity contribution is -0.214. The van der Waals surface area contributed by atoms with Gasteiger partial charge in [0.25, 0.3) is 0 Å². The maximum Gasteiger partial charge on any atom is 0.309 e. The highest BCUT2D eigenvalue weighted by molar-refractivity contribution is 5.72. The Labute approximate surface area is 144 Å². The number of rotatable bonds is 3. The molecule has 0 saturated heterocycles. The van der Waals surface area contributed by atoms with Crippen LogP contribution in [0, 0.1) is 24.2 Å². The summed E-state index contributed by atoms with van der Waals surface area (Å²) < 4.78 is 11.8. The maximum absolute atomic E-state index is 12.6. The highest BCUT2D eigenvalue weighted by atomic mass is 16.5. The number of hydrogen-bond donors (Lipinski definition) is 1. The zero-order valence-corrected chi connectivity index (χ0v) is 15.5. The van der Waals surface area contributed by atoms with Crippen molar-refractivity contribution in [2.75, 3.05) is 0 Å². The van der Waals surface area contributed by atoms with E-state index in [4.69, 9.17) is 9.15 Å². The number of aliphatic hydroxyl groups is 1. The predicted molar refractivity (Wildman–Crippen MR) is 91.5 cm³/mol. The zero-order valence-electron chi connectivity index (χ0n) is 15.5. The Morgan fingerprint density at radius 1 is 1.54 bits per heavy atom. The van der Waals surface area contributed by atoms with E-state index in [9.17, 15) is 9.90 Å². The second-order valence-electron chi connectivity index (χ2n) is 8.17. The number of hydrogen-bond acceptors (Lipinski definition) is 4. The third-order valence-electron chi connectivity index (χ3n) is 6.87. The predicted octanol–water partition coefficient (Wildman–Crippen LogP) is 4.33. The second kappa shape index (κ2) is 5.91. The van der Waals surface area contributed by atoms with E-state index in [2.05, 4.69) is 13.8 Å². The number of aryl methyl sites for hydroxylation is 1. The Kier molecular flexibility index (Phi) is 4.31. The smallest absolute Gasteiger partial charge is 0.309 e. The molecule has 1 saturated carbocycles. The average Bonchev–Trinajstić information content (AvgIpc) is 2.89. The molecule has 0 radical (unpaired) electrons. The lowest BCUT2D eigenvalue weighted by Crippen LogP contribution is -2.60. The van der Waals surface area contributed by atoms with Crippen LogP contribution in [0.5, 0.6) is 0 Å². The Balaban J connectivity index is 2.10. The highest BCUT2D eigenvalue weighted by Gasteiger charge is 2.62. The molecule has 4 heteroatoms. The third kappa shape index (κ3) is 2.33. The lowest BCUT2D eigenvalue weighted by Gasteiger charge is -2.57. The highest BCUT2D eigenvalue weighted by Crippen LogP contribution is 2.61. The Bertz CT molecular complexity index is 634. The van der Waals surface area contributed by atoms with Crippen molar-refractivity contribution in [3.8, 4) is 0 Å². The van der Waals surface area contributed by atoms with Crippen LogP contribution < -0.4 is 0 Å². The van der Waals surface area contributed by atoms with E-state index in [1.165, 1.54) is 0 Å². The monoisotopic (exact) mass is 334 g/mol. The first kappa shape index (κ1) is 17.5. The summed E-state index contributed by atoms with van der Waals surface area (Å²) in [7, 11) is 0. The van der Waals surface area contributed by atoms with Crippen molar-refractivity contribution in [1.82, 2.24) is 0 Å². The van der Waals surface area contributed by atoms with Gasteiger partial charge in [-0.25, -0.2) is 0 Å². The van der Waals surface area contributed by atoms with E-state index in [0.717, 1.165) is 42.6 Å². The standard InChI is InChI=1S/C20H30O4/c1-6-12(2)18(21)24-17-16-13(3)11-23-15(16)10-20(22)9-7-8-14(4)19(17,20)5/h11-12,14,17,22H,6-10H2,1-5H3/t12-,14-,17+,19-,20-/m0/s1. The number of carbonyl (C=O) groups is 1. The molecule has 0 aromatic carbocycles. The van der Waals surface area contributed by atoms with Crippen LogP contribution in [0.4, 0.5) is 0 Å². The van der Waals surface area contributed by atoms with Gasteiger partial charge in [-0.1, -0.05) is 34.1 Å². The largest absolute Gasteiger partial charge is 0.469 e. The van der Waals surface area contributed by atoms with E-state index < -0.39 is 17.1 Å². The number of fused-ring (bicyclic) bond motifs is 2. The van der Waals surface area contributed by atoms with Crippen molar-refractivity contribution in [2.24, 2.45) is 17.3 Å². The molecule has 1 N–H and O–H groups in total. The fourth-order valence-electron chi connectivity index (χ4n) is 4.65. The first-order valence-electron chi connectivity index (χ1n) is 9.24. The molecule has 0 unspecified atom stereocenters.